The van der Waals surface area contributed by atoms with Crippen molar-refractivity contribution in [2.24, 2.45) is 5.84 Å². The van der Waals surface area contributed by atoms with Crippen molar-refractivity contribution in [3.05, 3.63) is 58.1 Å². The van der Waals surface area contributed by atoms with Crippen LogP contribution >= 0.6 is 15.9 Å². The maximum Gasteiger partial charge on any atom is 0.416 e. The number of benzene rings is 2. The number of hydrogen-bond acceptors (Lipinski definition) is 3. The molecule has 8 heteroatoms. The Kier molecular flexibility index (Phi) is 4.72. The molecule has 0 bridgehead atoms. The second kappa shape index (κ2) is 6.37. The van der Waals surface area contributed by atoms with Crippen molar-refractivity contribution in [3.63, 3.8) is 0 Å². The molecule has 4 N–H and O–H groups in total. The van der Waals surface area contributed by atoms with E-state index in [1.165, 1.54) is 12.1 Å². The van der Waals surface area contributed by atoms with Gasteiger partial charge < -0.3 is 5.32 Å². The molecule has 4 nitrogen and oxygen atoms in total. The summed E-state index contributed by atoms with van der Waals surface area (Å²) in [5.41, 5.74) is 2.37. The van der Waals surface area contributed by atoms with E-state index in [9.17, 15) is 18.0 Å². The van der Waals surface area contributed by atoms with Crippen molar-refractivity contribution >= 4 is 33.2 Å². The molecule has 2 aromatic rings. The van der Waals surface area contributed by atoms with Crippen LogP contribution in [0.15, 0.2) is 46.9 Å². The zero-order valence-corrected chi connectivity index (χ0v) is 12.6. The van der Waals surface area contributed by atoms with E-state index in [-0.39, 0.29) is 5.56 Å². The van der Waals surface area contributed by atoms with Crippen molar-refractivity contribution in [1.29, 1.82) is 0 Å². The third-order valence-corrected chi connectivity index (χ3v) is 3.34. The zero-order valence-electron chi connectivity index (χ0n) is 11.0. The van der Waals surface area contributed by atoms with Crippen LogP contribution in [0.3, 0.4) is 0 Å². The van der Waals surface area contributed by atoms with E-state index in [4.69, 9.17) is 5.84 Å². The zero-order chi connectivity index (χ0) is 16.3. The van der Waals surface area contributed by atoms with E-state index in [0.29, 0.717) is 15.8 Å². The summed E-state index contributed by atoms with van der Waals surface area (Å²) < 4.78 is 38.2. The number of hydrogen-bond donors (Lipinski definition) is 3. The first kappa shape index (κ1) is 16.3. The summed E-state index contributed by atoms with van der Waals surface area (Å²) >= 11 is 3.24. The third-order valence-electron chi connectivity index (χ3n) is 2.85. The number of halogens is 4. The van der Waals surface area contributed by atoms with E-state index in [2.05, 4.69) is 21.2 Å². The Morgan fingerprint density at radius 2 is 1.73 bits per heavy atom. The number of nitrogens with two attached hydrogens (primary N) is 1. The fourth-order valence-corrected chi connectivity index (χ4v) is 2.15. The molecular weight excluding hydrogens is 363 g/mol. The van der Waals surface area contributed by atoms with Crippen molar-refractivity contribution in [1.82, 2.24) is 5.43 Å². The van der Waals surface area contributed by atoms with Gasteiger partial charge in [-0.25, -0.2) is 5.84 Å². The largest absolute Gasteiger partial charge is 0.416 e. The van der Waals surface area contributed by atoms with E-state index in [0.717, 1.165) is 12.1 Å². The molecular formula is C14H11BrF3N3O. The van der Waals surface area contributed by atoms with Crippen LogP contribution in [0.4, 0.5) is 24.5 Å². The van der Waals surface area contributed by atoms with E-state index >= 15 is 0 Å². The quantitative estimate of drug-likeness (QED) is 0.435. The number of carbonyl (C=O) groups is 1. The minimum absolute atomic E-state index is 0.261. The molecule has 0 saturated carbocycles. The molecule has 2 aromatic carbocycles. The molecule has 116 valence electrons. The Bertz CT molecular complexity index is 687. The molecule has 0 unspecified atom stereocenters. The smallest absolute Gasteiger partial charge is 0.355 e. The van der Waals surface area contributed by atoms with Gasteiger partial charge in [-0.2, -0.15) is 13.2 Å². The summed E-state index contributed by atoms with van der Waals surface area (Å²) in [5, 5.41) is 2.89. The average Bonchev–Trinajstić information content (AvgIpc) is 2.48. The van der Waals surface area contributed by atoms with Crippen LogP contribution in [-0.4, -0.2) is 5.91 Å². The molecule has 0 spiro atoms. The SMILES string of the molecule is NNC(=O)c1cc(Br)ccc1Nc1ccc(C(F)(F)F)cc1. The summed E-state index contributed by atoms with van der Waals surface area (Å²) in [6.07, 6.45) is -4.39. The summed E-state index contributed by atoms with van der Waals surface area (Å²) in [6.45, 7) is 0. The van der Waals surface area contributed by atoms with Crippen molar-refractivity contribution < 1.29 is 18.0 Å². The molecule has 0 aromatic heterocycles. The van der Waals surface area contributed by atoms with Crippen LogP contribution in [0.1, 0.15) is 15.9 Å². The van der Waals surface area contributed by atoms with E-state index in [1.807, 2.05) is 5.43 Å². The second-order valence-electron chi connectivity index (χ2n) is 4.36. The first-order chi connectivity index (χ1) is 10.3. The van der Waals surface area contributed by atoms with Gasteiger partial charge in [-0.1, -0.05) is 15.9 Å². The second-order valence-corrected chi connectivity index (χ2v) is 5.28. The highest BCUT2D eigenvalue weighted by molar-refractivity contribution is 9.10. The number of amides is 1. The Balaban J connectivity index is 2.29. The number of hydrazine groups is 1. The number of anilines is 2. The lowest BCUT2D eigenvalue weighted by molar-refractivity contribution is -0.137. The number of carbonyl (C=O) groups excluding carboxylic acids is 1. The third kappa shape index (κ3) is 3.77. The lowest BCUT2D eigenvalue weighted by Gasteiger charge is -2.13. The van der Waals surface area contributed by atoms with Crippen LogP contribution in [0.5, 0.6) is 0 Å². The lowest BCUT2D eigenvalue weighted by atomic mass is 10.1. The number of alkyl halides is 3. The number of rotatable bonds is 3. The highest BCUT2D eigenvalue weighted by Crippen LogP contribution is 2.31. The standard InChI is InChI=1S/C14H11BrF3N3O/c15-9-3-6-12(11(7-9)13(22)21-19)20-10-4-1-8(2-5-10)14(16,17)18/h1-7,20H,19H2,(H,21,22). The van der Waals surface area contributed by atoms with Gasteiger partial charge in [-0.15, -0.1) is 0 Å². The minimum Gasteiger partial charge on any atom is -0.355 e. The topological polar surface area (TPSA) is 67.1 Å². The lowest BCUT2D eigenvalue weighted by Crippen LogP contribution is -2.30. The van der Waals surface area contributed by atoms with E-state index < -0.39 is 17.6 Å². The number of nitrogens with one attached hydrogen (secondary N) is 2. The Hall–Kier alpha value is -2.06. The van der Waals surface area contributed by atoms with E-state index in [1.54, 1.807) is 18.2 Å². The van der Waals surface area contributed by atoms with Gasteiger partial charge >= 0.3 is 6.18 Å². The summed E-state index contributed by atoms with van der Waals surface area (Å²) in [6, 6.07) is 9.36. The van der Waals surface area contributed by atoms with Gasteiger partial charge in [-0.05, 0) is 42.5 Å². The summed E-state index contributed by atoms with van der Waals surface area (Å²) in [7, 11) is 0. The normalized spacial score (nSPS) is 11.1. The van der Waals surface area contributed by atoms with Crippen LogP contribution in [-0.2, 0) is 6.18 Å². The molecule has 0 radical (unpaired) electrons. The molecule has 22 heavy (non-hydrogen) atoms. The maximum absolute atomic E-state index is 12.5. The van der Waals surface area contributed by atoms with Gasteiger partial charge in [0.1, 0.15) is 0 Å². The first-order valence-corrected chi connectivity index (χ1v) is 6.85. The summed E-state index contributed by atoms with van der Waals surface area (Å²) in [5.74, 6) is 4.60. The number of nitrogen functional groups attached to an aromatic ring is 1. The molecule has 0 aliphatic rings. The molecule has 0 aliphatic carbocycles. The first-order valence-electron chi connectivity index (χ1n) is 6.06. The van der Waals surface area contributed by atoms with Crippen molar-refractivity contribution in [3.8, 4) is 0 Å². The van der Waals surface area contributed by atoms with Crippen LogP contribution in [0.25, 0.3) is 0 Å². The molecule has 0 saturated heterocycles. The highest BCUT2D eigenvalue weighted by atomic mass is 79.9. The Morgan fingerprint density at radius 1 is 1.09 bits per heavy atom. The monoisotopic (exact) mass is 373 g/mol. The van der Waals surface area contributed by atoms with Gasteiger partial charge in [-0.3, -0.25) is 10.2 Å². The molecule has 0 aliphatic heterocycles. The molecule has 1 amide bonds. The van der Waals surface area contributed by atoms with Gasteiger partial charge in [0.05, 0.1) is 16.8 Å². The molecule has 0 heterocycles. The Morgan fingerprint density at radius 3 is 2.27 bits per heavy atom. The molecule has 0 fully saturated rings. The van der Waals surface area contributed by atoms with Crippen LogP contribution in [0.2, 0.25) is 0 Å². The van der Waals surface area contributed by atoms with Gasteiger partial charge in [0.2, 0.25) is 0 Å². The fraction of sp³-hybridized carbons (Fsp3) is 0.0714. The molecule has 0 atom stereocenters. The van der Waals surface area contributed by atoms with Gasteiger partial charge in [0.15, 0.2) is 0 Å². The van der Waals surface area contributed by atoms with Crippen molar-refractivity contribution in [2.75, 3.05) is 5.32 Å². The van der Waals surface area contributed by atoms with Crippen LogP contribution in [0, 0.1) is 0 Å². The predicted molar refractivity (Wildman–Crippen MR) is 80.5 cm³/mol. The van der Waals surface area contributed by atoms with Gasteiger partial charge in [0, 0.05) is 10.2 Å². The predicted octanol–water partition coefficient (Wildman–Crippen LogP) is 3.82. The minimum atomic E-state index is -4.39. The average molecular weight is 374 g/mol. The summed E-state index contributed by atoms with van der Waals surface area (Å²) in [4.78, 5) is 11.7. The highest BCUT2D eigenvalue weighted by Gasteiger charge is 2.29. The van der Waals surface area contributed by atoms with Gasteiger partial charge in [0.25, 0.3) is 5.91 Å². The fourth-order valence-electron chi connectivity index (χ4n) is 1.79. The van der Waals surface area contributed by atoms with Crippen molar-refractivity contribution in [2.45, 2.75) is 6.18 Å². The molecule has 2 rings (SSSR count). The maximum atomic E-state index is 12.5. The Labute approximate surface area is 132 Å². The van der Waals surface area contributed by atoms with Crippen LogP contribution < -0.4 is 16.6 Å².